The Hall–Kier alpha value is -3.66. The van der Waals surface area contributed by atoms with Gasteiger partial charge in [0.05, 0.1) is 47.4 Å². The maximum atomic E-state index is 15.2. The molecule has 3 amide bonds. The molecule has 2 aromatic carbocycles. The van der Waals surface area contributed by atoms with E-state index in [0.29, 0.717) is 41.6 Å². The lowest BCUT2D eigenvalue weighted by atomic mass is 9.62. The largest absolute Gasteiger partial charge is 0.494 e. The Labute approximate surface area is 295 Å². The third kappa shape index (κ3) is 5.87. The number of nitrogens with zero attached hydrogens (tertiary/aromatic N) is 3. The Bertz CT molecular complexity index is 1580. The summed E-state index contributed by atoms with van der Waals surface area (Å²) in [6, 6.07) is 10.9. The van der Waals surface area contributed by atoms with Gasteiger partial charge in [0.15, 0.2) is 0 Å². The second-order valence-corrected chi connectivity index (χ2v) is 14.3. The lowest BCUT2D eigenvalue weighted by molar-refractivity contribution is -0.150. The van der Waals surface area contributed by atoms with Crippen molar-refractivity contribution in [3.05, 3.63) is 78.4 Å². The predicted molar refractivity (Wildman–Crippen MR) is 193 cm³/mol. The van der Waals surface area contributed by atoms with Gasteiger partial charge in [-0.2, -0.15) is 0 Å². The van der Waals surface area contributed by atoms with E-state index in [0.717, 1.165) is 5.56 Å². The molecule has 9 nitrogen and oxygen atoms in total. The van der Waals surface area contributed by atoms with Crippen molar-refractivity contribution in [1.29, 1.82) is 0 Å². The maximum Gasteiger partial charge on any atom is 0.253 e. The van der Waals surface area contributed by atoms with Gasteiger partial charge in [0.2, 0.25) is 11.8 Å². The van der Waals surface area contributed by atoms with Crippen molar-refractivity contribution in [2.45, 2.75) is 77.7 Å². The molecule has 3 aliphatic rings. The molecule has 0 aliphatic carbocycles. The summed E-state index contributed by atoms with van der Waals surface area (Å²) in [5.74, 6) is -2.50. The summed E-state index contributed by atoms with van der Waals surface area (Å²) in [6.07, 6.45) is 4.34. The van der Waals surface area contributed by atoms with Gasteiger partial charge < -0.3 is 29.3 Å². The number of ether oxygens (including phenoxy) is 2. The van der Waals surface area contributed by atoms with E-state index in [2.05, 4.69) is 13.2 Å². The molecular formula is C39H50ClN3O6. The maximum absolute atomic E-state index is 15.2. The van der Waals surface area contributed by atoms with Crippen molar-refractivity contribution in [3.63, 3.8) is 0 Å². The van der Waals surface area contributed by atoms with E-state index in [-0.39, 0.29) is 49.3 Å². The van der Waals surface area contributed by atoms with Gasteiger partial charge in [0, 0.05) is 18.8 Å². The van der Waals surface area contributed by atoms with Crippen LogP contribution >= 0.6 is 11.6 Å². The molecular weight excluding hydrogens is 642 g/mol. The van der Waals surface area contributed by atoms with Gasteiger partial charge in [-0.25, -0.2) is 0 Å². The summed E-state index contributed by atoms with van der Waals surface area (Å²) in [5, 5.41) is 11.2. The number of rotatable bonds is 14. The SMILES string of the molecule is C=CCN(C(=O)[C@H]1[C@H]2C(=O)N([C@@H](CO)[C@@H](C)CC)C(C(=O)N(CC=C)c3c(C)cccc3Cl)C23CC(C)[C@]1(C)O3)c1ccc(OCC)cc1. The van der Waals surface area contributed by atoms with E-state index in [1.807, 2.05) is 77.9 Å². The fourth-order valence-corrected chi connectivity index (χ4v) is 8.87. The zero-order valence-electron chi connectivity index (χ0n) is 29.5. The molecule has 3 heterocycles. The monoisotopic (exact) mass is 691 g/mol. The summed E-state index contributed by atoms with van der Waals surface area (Å²) in [7, 11) is 0. The molecule has 264 valence electrons. The van der Waals surface area contributed by atoms with Crippen molar-refractivity contribution in [1.82, 2.24) is 4.90 Å². The van der Waals surface area contributed by atoms with Gasteiger partial charge in [-0.3, -0.25) is 14.4 Å². The third-order valence-corrected chi connectivity index (χ3v) is 11.5. The van der Waals surface area contributed by atoms with Gasteiger partial charge in [-0.15, -0.1) is 13.2 Å². The number of aryl methyl sites for hydroxylation is 1. The summed E-state index contributed by atoms with van der Waals surface area (Å²) in [4.78, 5) is 50.0. The fraction of sp³-hybridized carbons (Fsp3) is 0.513. The summed E-state index contributed by atoms with van der Waals surface area (Å²) in [6.45, 7) is 20.0. The number of hydrogen-bond acceptors (Lipinski definition) is 6. The smallest absolute Gasteiger partial charge is 0.253 e. The number of carbonyl (C=O) groups is 3. The van der Waals surface area contributed by atoms with Crippen molar-refractivity contribution < 1.29 is 29.0 Å². The van der Waals surface area contributed by atoms with Crippen LogP contribution in [-0.2, 0) is 19.1 Å². The minimum Gasteiger partial charge on any atom is -0.494 e. The van der Waals surface area contributed by atoms with Crippen LogP contribution in [0.5, 0.6) is 5.75 Å². The molecule has 2 aromatic rings. The number of likely N-dealkylation sites (tertiary alicyclic amines) is 1. The van der Waals surface area contributed by atoms with Gasteiger partial charge in [0.1, 0.15) is 17.4 Å². The van der Waals surface area contributed by atoms with E-state index >= 15 is 9.59 Å². The quantitative estimate of drug-likeness (QED) is 0.237. The van der Waals surface area contributed by atoms with E-state index in [9.17, 15) is 9.90 Å². The first-order chi connectivity index (χ1) is 23.4. The van der Waals surface area contributed by atoms with E-state index in [1.54, 1.807) is 32.9 Å². The summed E-state index contributed by atoms with van der Waals surface area (Å²) in [5.41, 5.74) is -0.417. The molecule has 3 saturated heterocycles. The van der Waals surface area contributed by atoms with Crippen LogP contribution in [0, 0.1) is 30.6 Å². The zero-order chi connectivity index (χ0) is 35.8. The van der Waals surface area contributed by atoms with Crippen molar-refractivity contribution in [3.8, 4) is 5.75 Å². The average molecular weight is 692 g/mol. The number of halogens is 1. The van der Waals surface area contributed by atoms with Crippen LogP contribution in [0.2, 0.25) is 5.02 Å². The normalized spacial score (nSPS) is 28.2. The number of para-hydroxylation sites is 1. The predicted octanol–water partition coefficient (Wildman–Crippen LogP) is 6.20. The molecule has 10 heteroatoms. The Kier molecular flexibility index (Phi) is 10.7. The van der Waals surface area contributed by atoms with E-state index < -0.39 is 35.1 Å². The molecule has 1 N–H and O–H groups in total. The summed E-state index contributed by atoms with van der Waals surface area (Å²) < 4.78 is 12.7. The molecule has 0 aromatic heterocycles. The molecule has 1 spiro atoms. The second-order valence-electron chi connectivity index (χ2n) is 13.9. The number of aliphatic hydroxyl groups is 1. The third-order valence-electron chi connectivity index (χ3n) is 11.2. The van der Waals surface area contributed by atoms with Crippen LogP contribution in [0.25, 0.3) is 0 Å². The molecule has 3 aliphatic heterocycles. The van der Waals surface area contributed by atoms with Crippen LogP contribution in [-0.4, -0.2) is 77.3 Å². The Morgan fingerprint density at radius 2 is 1.78 bits per heavy atom. The van der Waals surface area contributed by atoms with Crippen LogP contribution in [0.4, 0.5) is 11.4 Å². The van der Waals surface area contributed by atoms with Crippen LogP contribution < -0.4 is 14.5 Å². The van der Waals surface area contributed by atoms with Gasteiger partial charge in [-0.1, -0.05) is 63.1 Å². The van der Waals surface area contributed by atoms with Gasteiger partial charge in [0.25, 0.3) is 5.91 Å². The first-order valence-corrected chi connectivity index (χ1v) is 17.7. The van der Waals surface area contributed by atoms with E-state index in [4.69, 9.17) is 21.1 Å². The molecule has 49 heavy (non-hydrogen) atoms. The average Bonchev–Trinajstić information content (AvgIpc) is 3.59. The number of aliphatic hydroxyl groups excluding tert-OH is 1. The van der Waals surface area contributed by atoms with Crippen LogP contribution in [0.3, 0.4) is 0 Å². The zero-order valence-corrected chi connectivity index (χ0v) is 30.3. The number of hydrogen-bond donors (Lipinski definition) is 1. The molecule has 0 saturated carbocycles. The standard InChI is InChI=1S/C39H50ClN3O6/c1-9-20-41(27-16-18-28(19-17-27)48-12-4)35(45)31-32-36(46)43(30(23-44)24(5)11-3)34(39(32)22-26(7)38(31,8)49-39)37(47)42(21-10-2)33-25(6)14-13-15-29(33)40/h9-10,13-19,24,26,30-32,34,44H,1-2,11-12,20-23H2,3-8H3/t24-,26?,30-,31+,32-,34?,38-,39?/m0/s1. The molecule has 0 radical (unpaired) electrons. The van der Waals surface area contributed by atoms with Crippen molar-refractivity contribution in [2.75, 3.05) is 36.1 Å². The minimum atomic E-state index is -1.32. The lowest BCUT2D eigenvalue weighted by Crippen LogP contribution is -2.60. The highest BCUT2D eigenvalue weighted by Gasteiger charge is 2.80. The molecule has 2 bridgehead atoms. The summed E-state index contributed by atoms with van der Waals surface area (Å²) >= 11 is 6.74. The van der Waals surface area contributed by atoms with Crippen molar-refractivity contribution >= 4 is 40.7 Å². The molecule has 5 rings (SSSR count). The highest BCUT2D eigenvalue weighted by atomic mass is 35.5. The highest BCUT2D eigenvalue weighted by Crippen LogP contribution is 2.66. The molecule has 3 unspecified atom stereocenters. The Balaban J connectivity index is 1.68. The lowest BCUT2D eigenvalue weighted by Gasteiger charge is -2.41. The molecule has 8 atom stereocenters. The Morgan fingerprint density at radius 1 is 1.12 bits per heavy atom. The van der Waals surface area contributed by atoms with Crippen LogP contribution in [0.15, 0.2) is 67.8 Å². The molecule has 3 fully saturated rings. The first kappa shape index (κ1) is 36.6. The fourth-order valence-electron chi connectivity index (χ4n) is 8.55. The Morgan fingerprint density at radius 3 is 2.35 bits per heavy atom. The number of anilines is 2. The minimum absolute atomic E-state index is 0.135. The van der Waals surface area contributed by atoms with E-state index in [1.165, 1.54) is 0 Å². The van der Waals surface area contributed by atoms with Crippen LogP contribution in [0.1, 0.15) is 53.0 Å². The number of carbonyl (C=O) groups excluding carboxylic acids is 3. The highest BCUT2D eigenvalue weighted by molar-refractivity contribution is 6.34. The second kappa shape index (κ2) is 14.3. The number of benzene rings is 2. The van der Waals surface area contributed by atoms with Crippen molar-refractivity contribution in [2.24, 2.45) is 23.7 Å². The topological polar surface area (TPSA) is 99.6 Å². The number of fused-ring (bicyclic) bond motifs is 1. The van der Waals surface area contributed by atoms with Gasteiger partial charge >= 0.3 is 0 Å². The number of amides is 3. The first-order valence-electron chi connectivity index (χ1n) is 17.3. The van der Waals surface area contributed by atoms with Gasteiger partial charge in [-0.05, 0) is 74.9 Å².